The van der Waals surface area contributed by atoms with E-state index in [1.54, 1.807) is 18.2 Å². The Morgan fingerprint density at radius 1 is 1.31 bits per heavy atom. The topological polar surface area (TPSA) is 164 Å². The van der Waals surface area contributed by atoms with Gasteiger partial charge in [-0.2, -0.15) is 18.9 Å². The number of aromatic nitrogens is 2. The Morgan fingerprint density at radius 2 is 1.97 bits per heavy atom. The number of nitrogens with two attached hydrogens (primary N) is 1. The first-order valence-corrected chi connectivity index (χ1v) is 11.9. The Kier molecular flexibility index (Phi) is 7.92. The monoisotopic (exact) mass is 518 g/mol. The number of anilines is 1. The van der Waals surface area contributed by atoms with E-state index in [1.807, 2.05) is 0 Å². The summed E-state index contributed by atoms with van der Waals surface area (Å²) < 4.78 is 64.6. The van der Waals surface area contributed by atoms with Crippen molar-refractivity contribution < 1.29 is 41.8 Å². The zero-order valence-corrected chi connectivity index (χ0v) is 19.8. The molecule has 192 valence electrons. The molecule has 0 spiro atoms. The number of nitrogens with zero attached hydrogens (tertiary/aromatic N) is 2. The fourth-order valence-corrected chi connectivity index (χ4v) is 5.04. The van der Waals surface area contributed by atoms with Crippen LogP contribution in [0.25, 0.3) is 0 Å². The number of carbonyl (C=O) groups excluding carboxylic acids is 1. The second-order valence-corrected chi connectivity index (χ2v) is 9.35. The average Bonchev–Trinajstić information content (AvgIpc) is 3.02. The molecular weight excluding hydrogens is 493 g/mol. The van der Waals surface area contributed by atoms with Gasteiger partial charge in [-0.15, -0.1) is 0 Å². The van der Waals surface area contributed by atoms with Gasteiger partial charge in [-0.05, 0) is 32.0 Å². The number of ether oxygens (including phenoxy) is 2. The summed E-state index contributed by atoms with van der Waals surface area (Å²) >= 11 is 0. The minimum Gasteiger partial charge on any atom is -0.468 e. The number of alkyl halides is 2. The van der Waals surface area contributed by atoms with Gasteiger partial charge in [0, 0.05) is 6.20 Å². The molecule has 35 heavy (non-hydrogen) atoms. The maximum atomic E-state index is 14.9. The van der Waals surface area contributed by atoms with Gasteiger partial charge in [0.1, 0.15) is 23.7 Å². The summed E-state index contributed by atoms with van der Waals surface area (Å²) in [5.41, 5.74) is 4.27. The van der Waals surface area contributed by atoms with Crippen LogP contribution in [0.5, 0.6) is 5.75 Å². The van der Waals surface area contributed by atoms with Gasteiger partial charge in [-0.1, -0.05) is 18.2 Å². The van der Waals surface area contributed by atoms with Gasteiger partial charge in [0.05, 0.1) is 13.2 Å². The van der Waals surface area contributed by atoms with Gasteiger partial charge < -0.3 is 24.8 Å². The van der Waals surface area contributed by atoms with E-state index in [1.165, 1.54) is 26.0 Å². The van der Waals surface area contributed by atoms with Crippen LogP contribution >= 0.6 is 7.75 Å². The van der Waals surface area contributed by atoms with E-state index in [-0.39, 0.29) is 11.6 Å². The number of rotatable bonds is 9. The molecule has 2 aromatic rings. The molecule has 0 aliphatic carbocycles. The van der Waals surface area contributed by atoms with Gasteiger partial charge >= 0.3 is 25.3 Å². The lowest BCUT2D eigenvalue weighted by molar-refractivity contribution is -0.142. The van der Waals surface area contributed by atoms with Crippen molar-refractivity contribution in [2.24, 2.45) is 0 Å². The molecule has 1 aliphatic rings. The van der Waals surface area contributed by atoms with Crippen LogP contribution in [0.2, 0.25) is 0 Å². The minimum atomic E-state index is -4.43. The third kappa shape index (κ3) is 5.85. The molecule has 1 aliphatic heterocycles. The van der Waals surface area contributed by atoms with Crippen LogP contribution < -0.4 is 21.0 Å². The molecule has 1 fully saturated rings. The number of aliphatic hydroxyl groups excluding tert-OH is 1. The molecule has 12 nitrogen and oxygen atoms in total. The van der Waals surface area contributed by atoms with Gasteiger partial charge in [0.2, 0.25) is 6.23 Å². The zero-order valence-electron chi connectivity index (χ0n) is 18.9. The maximum Gasteiger partial charge on any atom is 0.459 e. The number of hydrogen-bond donors (Lipinski definition) is 3. The van der Waals surface area contributed by atoms with Crippen LogP contribution in [0.4, 0.5) is 14.6 Å². The first-order chi connectivity index (χ1) is 16.4. The smallest absolute Gasteiger partial charge is 0.459 e. The van der Waals surface area contributed by atoms with E-state index in [0.717, 1.165) is 19.4 Å². The van der Waals surface area contributed by atoms with Gasteiger partial charge in [0.15, 0.2) is 6.10 Å². The molecule has 0 radical (unpaired) electrons. The van der Waals surface area contributed by atoms with Crippen LogP contribution in [0.15, 0.2) is 47.4 Å². The highest BCUT2D eigenvalue weighted by Crippen LogP contribution is 2.50. The highest BCUT2D eigenvalue weighted by Gasteiger charge is 2.61. The lowest BCUT2D eigenvalue weighted by Gasteiger charge is -2.28. The normalized spacial score (nSPS) is 24.8. The van der Waals surface area contributed by atoms with Crippen molar-refractivity contribution >= 4 is 19.5 Å². The molecule has 1 saturated heterocycles. The number of carbonyl (C=O) groups is 1. The molecular formula is C20H25F2N4O8P. The molecule has 0 amide bonds. The molecule has 15 heteroatoms. The molecule has 0 bridgehead atoms. The van der Waals surface area contributed by atoms with Crippen LogP contribution in [0.3, 0.4) is 0 Å². The van der Waals surface area contributed by atoms with Crippen molar-refractivity contribution in [3.63, 3.8) is 0 Å². The fraction of sp³-hybridized carbons (Fsp3) is 0.450. The first kappa shape index (κ1) is 26.7. The Balaban J connectivity index is 1.86. The standard InChI is InChI=1S/C20H25F2N4O8P/c1-11(17(28)31-3)25-35(30,34-13-7-5-4-6-8-13)33-12(2)15-16(27)20(21,22)18(32-15)26-10-9-14(23)24-19(26)29/h4-12,15-16,18,27H,1-3H3,(H,25,30)(H2,23,24,29)/t11-,12-,15+,16+,18+,35?/m0/s1. The Morgan fingerprint density at radius 3 is 2.57 bits per heavy atom. The Bertz CT molecular complexity index is 1150. The first-order valence-electron chi connectivity index (χ1n) is 10.3. The predicted octanol–water partition coefficient (Wildman–Crippen LogP) is 1.46. The molecule has 6 atom stereocenters. The maximum absolute atomic E-state index is 14.9. The summed E-state index contributed by atoms with van der Waals surface area (Å²) in [5.74, 6) is -4.85. The number of esters is 1. The lowest BCUT2D eigenvalue weighted by Crippen LogP contribution is -2.44. The molecule has 4 N–H and O–H groups in total. The van der Waals surface area contributed by atoms with Crippen molar-refractivity contribution in [1.82, 2.24) is 14.6 Å². The Labute approximate surface area is 198 Å². The number of halogens is 2. The summed E-state index contributed by atoms with van der Waals surface area (Å²) in [4.78, 5) is 27.3. The minimum absolute atomic E-state index is 0.0863. The van der Waals surface area contributed by atoms with E-state index in [2.05, 4.69) is 14.8 Å². The van der Waals surface area contributed by atoms with E-state index in [9.17, 15) is 28.0 Å². The third-order valence-electron chi connectivity index (χ3n) is 5.07. The number of nitrogen functional groups attached to an aromatic ring is 1. The fourth-order valence-electron chi connectivity index (χ4n) is 3.35. The van der Waals surface area contributed by atoms with Gasteiger partial charge in [0.25, 0.3) is 0 Å². The summed E-state index contributed by atoms with van der Waals surface area (Å²) in [7, 11) is -3.32. The molecule has 0 saturated carbocycles. The highest BCUT2D eigenvalue weighted by atomic mass is 31.2. The number of para-hydroxylation sites is 1. The second-order valence-electron chi connectivity index (χ2n) is 7.70. The van der Waals surface area contributed by atoms with Gasteiger partial charge in [-0.3, -0.25) is 13.9 Å². The zero-order chi connectivity index (χ0) is 26.0. The largest absolute Gasteiger partial charge is 0.468 e. The lowest BCUT2D eigenvalue weighted by atomic mass is 10.1. The van der Waals surface area contributed by atoms with Crippen molar-refractivity contribution in [3.8, 4) is 5.75 Å². The Hall–Kier alpha value is -2.90. The van der Waals surface area contributed by atoms with E-state index in [4.69, 9.17) is 19.5 Å². The summed E-state index contributed by atoms with van der Waals surface area (Å²) in [5, 5.41) is 12.7. The molecule has 1 unspecified atom stereocenters. The van der Waals surface area contributed by atoms with Gasteiger partial charge in [-0.25, -0.2) is 9.36 Å². The number of nitrogens with one attached hydrogen (secondary N) is 1. The van der Waals surface area contributed by atoms with Crippen LogP contribution in [-0.2, 0) is 23.4 Å². The second kappa shape index (κ2) is 10.4. The molecule has 3 rings (SSSR count). The summed E-state index contributed by atoms with van der Waals surface area (Å²) in [6.45, 7) is 2.54. The molecule has 1 aromatic heterocycles. The van der Waals surface area contributed by atoms with E-state index < -0.39 is 55.9 Å². The number of hydrogen-bond acceptors (Lipinski definition) is 10. The average molecular weight is 518 g/mol. The van der Waals surface area contributed by atoms with Crippen molar-refractivity contribution in [3.05, 3.63) is 53.1 Å². The number of aliphatic hydroxyl groups is 1. The van der Waals surface area contributed by atoms with Crippen molar-refractivity contribution in [2.45, 2.75) is 50.4 Å². The molecule has 1 aromatic carbocycles. The van der Waals surface area contributed by atoms with E-state index in [0.29, 0.717) is 4.57 Å². The number of benzene rings is 1. The predicted molar refractivity (Wildman–Crippen MR) is 118 cm³/mol. The SMILES string of the molecule is COC(=O)[C@H](C)NP(=O)(Oc1ccccc1)O[C@@H](C)[C@H]1O[C@@H](n2ccc(N)nc2=O)C(F)(F)[C@@H]1O. The van der Waals surface area contributed by atoms with Crippen LogP contribution in [0, 0.1) is 0 Å². The number of methoxy groups -OCH3 is 1. The van der Waals surface area contributed by atoms with Crippen LogP contribution in [0.1, 0.15) is 20.1 Å². The van der Waals surface area contributed by atoms with E-state index >= 15 is 0 Å². The highest BCUT2D eigenvalue weighted by molar-refractivity contribution is 7.52. The quantitative estimate of drug-likeness (QED) is 0.325. The summed E-state index contributed by atoms with van der Waals surface area (Å²) in [6.07, 6.45) is -7.00. The molecule has 2 heterocycles. The van der Waals surface area contributed by atoms with Crippen molar-refractivity contribution in [1.29, 1.82) is 0 Å². The van der Waals surface area contributed by atoms with Crippen LogP contribution in [-0.4, -0.2) is 58.0 Å². The summed E-state index contributed by atoms with van der Waals surface area (Å²) in [6, 6.07) is 7.68. The third-order valence-corrected chi connectivity index (χ3v) is 6.83. The van der Waals surface area contributed by atoms with Crippen molar-refractivity contribution in [2.75, 3.05) is 12.8 Å².